The maximum Gasteiger partial charge on any atom is 0.406 e. The van der Waals surface area contributed by atoms with Crippen LogP contribution in [-0.4, -0.2) is 48.9 Å². The number of amides is 1. The summed E-state index contributed by atoms with van der Waals surface area (Å²) >= 11 is 0.997. The van der Waals surface area contributed by atoms with E-state index in [9.17, 15) is 18.0 Å². The number of thiophene rings is 1. The van der Waals surface area contributed by atoms with E-state index in [1.165, 1.54) is 18.6 Å². The first kappa shape index (κ1) is 14.8. The lowest BCUT2D eigenvalue weighted by Crippen LogP contribution is -2.40. The van der Waals surface area contributed by atoms with E-state index < -0.39 is 25.2 Å². The second-order valence-electron chi connectivity index (χ2n) is 3.42. The predicted molar refractivity (Wildman–Crippen MR) is 59.9 cm³/mol. The molecule has 0 aliphatic heterocycles. The summed E-state index contributed by atoms with van der Waals surface area (Å²) in [5.74, 6) is -0.353. The van der Waals surface area contributed by atoms with E-state index in [1.54, 1.807) is 0 Å². The van der Waals surface area contributed by atoms with Gasteiger partial charge in [0, 0.05) is 18.0 Å². The molecule has 1 rings (SSSR count). The number of hydrogen-bond donors (Lipinski definition) is 1. The van der Waals surface area contributed by atoms with Crippen molar-refractivity contribution in [3.8, 4) is 5.75 Å². The number of hydrogen-bond acceptors (Lipinski definition) is 4. The molecule has 0 spiro atoms. The molecule has 18 heavy (non-hydrogen) atoms. The summed E-state index contributed by atoms with van der Waals surface area (Å²) in [6.45, 7) is -2.27. The molecule has 0 unspecified atom stereocenters. The van der Waals surface area contributed by atoms with Gasteiger partial charge in [-0.3, -0.25) is 4.79 Å². The lowest BCUT2D eigenvalue weighted by atomic mass is 10.3. The zero-order chi connectivity index (χ0) is 13.8. The fourth-order valence-corrected chi connectivity index (χ4v) is 2.10. The van der Waals surface area contributed by atoms with Crippen molar-refractivity contribution >= 4 is 17.2 Å². The summed E-state index contributed by atoms with van der Waals surface area (Å²) in [5.41, 5.74) is 0. The topological polar surface area (TPSA) is 49.8 Å². The van der Waals surface area contributed by atoms with Crippen molar-refractivity contribution in [2.75, 3.05) is 26.8 Å². The van der Waals surface area contributed by atoms with E-state index >= 15 is 0 Å². The van der Waals surface area contributed by atoms with Crippen LogP contribution in [0.25, 0.3) is 0 Å². The lowest BCUT2D eigenvalue weighted by molar-refractivity contribution is -0.141. The number of aliphatic hydroxyl groups excluding tert-OH is 1. The van der Waals surface area contributed by atoms with Gasteiger partial charge in [0.25, 0.3) is 5.91 Å². The molecule has 0 saturated carbocycles. The summed E-state index contributed by atoms with van der Waals surface area (Å²) in [4.78, 5) is 12.5. The number of methoxy groups -OCH3 is 1. The number of rotatable bonds is 5. The number of nitrogens with zero attached hydrogens (tertiary/aromatic N) is 1. The van der Waals surface area contributed by atoms with Crippen LogP contribution < -0.4 is 4.74 Å². The maximum absolute atomic E-state index is 12.3. The fourth-order valence-electron chi connectivity index (χ4n) is 1.28. The van der Waals surface area contributed by atoms with Crippen LogP contribution in [0.5, 0.6) is 5.75 Å². The summed E-state index contributed by atoms with van der Waals surface area (Å²) in [7, 11) is 1.40. The van der Waals surface area contributed by atoms with Gasteiger partial charge in [-0.1, -0.05) is 0 Å². The molecule has 0 aliphatic rings. The Morgan fingerprint density at radius 2 is 2.22 bits per heavy atom. The Labute approximate surface area is 106 Å². The van der Waals surface area contributed by atoms with E-state index in [4.69, 9.17) is 9.84 Å². The highest BCUT2D eigenvalue weighted by Gasteiger charge is 2.33. The SMILES string of the molecule is COc1csc(C(=O)N(CCO)CC(F)(F)F)c1. The Morgan fingerprint density at radius 1 is 1.56 bits per heavy atom. The molecule has 0 bridgehead atoms. The minimum atomic E-state index is -4.49. The van der Waals surface area contributed by atoms with Crippen LogP contribution in [0.3, 0.4) is 0 Å². The summed E-state index contributed by atoms with van der Waals surface area (Å²) < 4.78 is 41.7. The van der Waals surface area contributed by atoms with Crippen LogP contribution in [-0.2, 0) is 0 Å². The van der Waals surface area contributed by atoms with Gasteiger partial charge in [-0.25, -0.2) is 0 Å². The lowest BCUT2D eigenvalue weighted by Gasteiger charge is -2.22. The summed E-state index contributed by atoms with van der Waals surface area (Å²) in [6, 6.07) is 1.37. The molecular formula is C10H12F3NO3S. The molecule has 1 N–H and O–H groups in total. The minimum absolute atomic E-state index is 0.143. The average Bonchev–Trinajstić information content (AvgIpc) is 2.74. The monoisotopic (exact) mass is 283 g/mol. The first-order valence-electron chi connectivity index (χ1n) is 4.97. The van der Waals surface area contributed by atoms with E-state index in [0.29, 0.717) is 10.6 Å². The number of alkyl halides is 3. The first-order valence-corrected chi connectivity index (χ1v) is 5.84. The smallest absolute Gasteiger partial charge is 0.406 e. The van der Waals surface area contributed by atoms with E-state index in [-0.39, 0.29) is 11.4 Å². The maximum atomic E-state index is 12.3. The molecule has 0 radical (unpaired) electrons. The second kappa shape index (κ2) is 6.05. The van der Waals surface area contributed by atoms with Gasteiger partial charge in [-0.15, -0.1) is 11.3 Å². The molecule has 0 aromatic carbocycles. The molecule has 1 amide bonds. The van der Waals surface area contributed by atoms with Gasteiger partial charge in [0.15, 0.2) is 0 Å². The highest BCUT2D eigenvalue weighted by atomic mass is 32.1. The van der Waals surface area contributed by atoms with Crippen LogP contribution in [0.2, 0.25) is 0 Å². The first-order chi connectivity index (χ1) is 8.37. The van der Waals surface area contributed by atoms with Crippen molar-refractivity contribution in [3.63, 3.8) is 0 Å². The van der Waals surface area contributed by atoms with Crippen LogP contribution in [0.15, 0.2) is 11.4 Å². The molecule has 4 nitrogen and oxygen atoms in total. The Balaban J connectivity index is 2.81. The van der Waals surface area contributed by atoms with E-state index in [2.05, 4.69) is 0 Å². The third kappa shape index (κ3) is 4.19. The third-order valence-electron chi connectivity index (χ3n) is 2.05. The number of carbonyl (C=O) groups is 1. The molecule has 1 heterocycles. The van der Waals surface area contributed by atoms with E-state index in [0.717, 1.165) is 11.3 Å². The quantitative estimate of drug-likeness (QED) is 0.895. The Morgan fingerprint density at radius 3 is 2.67 bits per heavy atom. The highest BCUT2D eigenvalue weighted by molar-refractivity contribution is 7.12. The summed E-state index contributed by atoms with van der Waals surface area (Å²) in [5, 5.41) is 10.2. The largest absolute Gasteiger partial charge is 0.496 e. The van der Waals surface area contributed by atoms with Crippen molar-refractivity contribution in [2.24, 2.45) is 0 Å². The molecule has 1 aromatic heterocycles. The molecule has 0 fully saturated rings. The molecule has 0 atom stereocenters. The fraction of sp³-hybridized carbons (Fsp3) is 0.500. The van der Waals surface area contributed by atoms with Crippen LogP contribution >= 0.6 is 11.3 Å². The number of carbonyl (C=O) groups excluding carboxylic acids is 1. The predicted octanol–water partition coefficient (Wildman–Crippen LogP) is 1.75. The standard InChI is InChI=1S/C10H12F3NO3S/c1-17-7-4-8(18-5-7)9(16)14(2-3-15)6-10(11,12)13/h4-5,15H,2-3,6H2,1H3. The number of aliphatic hydroxyl groups is 1. The Hall–Kier alpha value is -1.28. The van der Waals surface area contributed by atoms with Gasteiger partial charge >= 0.3 is 6.18 Å². The Kier molecular flexibility index (Phi) is 4.97. The number of halogens is 3. The van der Waals surface area contributed by atoms with Crippen molar-refractivity contribution in [3.05, 3.63) is 16.3 Å². The van der Waals surface area contributed by atoms with Crippen molar-refractivity contribution in [1.82, 2.24) is 4.90 Å². The molecule has 0 saturated heterocycles. The zero-order valence-electron chi connectivity index (χ0n) is 9.53. The molecular weight excluding hydrogens is 271 g/mol. The minimum Gasteiger partial charge on any atom is -0.496 e. The highest BCUT2D eigenvalue weighted by Crippen LogP contribution is 2.24. The van der Waals surface area contributed by atoms with Gasteiger partial charge in [-0.2, -0.15) is 13.2 Å². The molecule has 1 aromatic rings. The molecule has 102 valence electrons. The average molecular weight is 283 g/mol. The third-order valence-corrected chi connectivity index (χ3v) is 2.95. The van der Waals surface area contributed by atoms with E-state index in [1.807, 2.05) is 0 Å². The zero-order valence-corrected chi connectivity index (χ0v) is 10.3. The van der Waals surface area contributed by atoms with Gasteiger partial charge in [0.05, 0.1) is 18.6 Å². The van der Waals surface area contributed by atoms with Gasteiger partial charge in [0.2, 0.25) is 0 Å². The normalized spacial score (nSPS) is 11.4. The van der Waals surface area contributed by atoms with Crippen LogP contribution in [0.1, 0.15) is 9.67 Å². The van der Waals surface area contributed by atoms with Crippen molar-refractivity contribution in [1.29, 1.82) is 0 Å². The van der Waals surface area contributed by atoms with Crippen LogP contribution in [0, 0.1) is 0 Å². The summed E-state index contributed by atoms with van der Waals surface area (Å²) in [6.07, 6.45) is -4.49. The second-order valence-corrected chi connectivity index (χ2v) is 4.33. The van der Waals surface area contributed by atoms with Gasteiger partial charge < -0.3 is 14.7 Å². The Bertz CT molecular complexity index is 405. The van der Waals surface area contributed by atoms with Gasteiger partial charge in [-0.05, 0) is 0 Å². The molecule has 8 heteroatoms. The van der Waals surface area contributed by atoms with Crippen molar-refractivity contribution in [2.45, 2.75) is 6.18 Å². The molecule has 0 aliphatic carbocycles. The van der Waals surface area contributed by atoms with Crippen molar-refractivity contribution < 1.29 is 27.8 Å². The van der Waals surface area contributed by atoms with Gasteiger partial charge in [0.1, 0.15) is 12.3 Å². The van der Waals surface area contributed by atoms with Crippen LogP contribution in [0.4, 0.5) is 13.2 Å². The number of ether oxygens (including phenoxy) is 1.